The molecule has 162 valence electrons. The van der Waals surface area contributed by atoms with Gasteiger partial charge in [-0.15, -0.1) is 16.8 Å². The first-order chi connectivity index (χ1) is 14.9. The third-order valence-electron chi connectivity index (χ3n) is 4.25. The van der Waals surface area contributed by atoms with E-state index < -0.39 is 0 Å². The molecule has 3 rings (SSSR count). The van der Waals surface area contributed by atoms with Crippen molar-refractivity contribution < 1.29 is 9.53 Å². The summed E-state index contributed by atoms with van der Waals surface area (Å²) in [6.07, 6.45) is 3.30. The van der Waals surface area contributed by atoms with Crippen LogP contribution in [0.25, 0.3) is 0 Å². The molecule has 2 heterocycles. The number of aryl methyl sites for hydroxylation is 2. The normalized spacial score (nSPS) is 10.7. The van der Waals surface area contributed by atoms with Gasteiger partial charge in [0.15, 0.2) is 16.1 Å². The number of ether oxygens (including phenoxy) is 1. The molecule has 10 heteroatoms. The second-order valence-electron chi connectivity index (χ2n) is 6.64. The Bertz CT molecular complexity index is 1080. The van der Waals surface area contributed by atoms with Gasteiger partial charge in [-0.05, 0) is 49.2 Å². The van der Waals surface area contributed by atoms with Gasteiger partial charge in [-0.2, -0.15) is 0 Å². The number of benzene rings is 1. The number of rotatable bonds is 9. The number of pyridine rings is 1. The molecule has 0 radical (unpaired) electrons. The molecule has 0 saturated carbocycles. The van der Waals surface area contributed by atoms with E-state index in [0.717, 1.165) is 16.1 Å². The zero-order valence-electron chi connectivity index (χ0n) is 17.1. The van der Waals surface area contributed by atoms with E-state index in [0.29, 0.717) is 29.0 Å². The SMILES string of the molecule is C=CCn1c(COc2cc(C)c(Cl)c(C)c2)nnc1SCC(=O)Nc1cccnc1Cl. The van der Waals surface area contributed by atoms with E-state index in [1.807, 2.05) is 30.5 Å². The van der Waals surface area contributed by atoms with Crippen LogP contribution in [0, 0.1) is 13.8 Å². The fourth-order valence-corrected chi connectivity index (χ4v) is 3.82. The first-order valence-corrected chi connectivity index (χ1v) is 11.1. The molecule has 0 bridgehead atoms. The van der Waals surface area contributed by atoms with E-state index in [1.165, 1.54) is 11.8 Å². The average Bonchev–Trinajstić information content (AvgIpc) is 3.12. The Morgan fingerprint density at radius 3 is 2.71 bits per heavy atom. The molecular formula is C21H21Cl2N5O2S. The second kappa shape index (κ2) is 10.7. The number of hydrogen-bond donors (Lipinski definition) is 1. The summed E-state index contributed by atoms with van der Waals surface area (Å²) in [4.78, 5) is 16.2. The van der Waals surface area contributed by atoms with Crippen LogP contribution in [-0.2, 0) is 17.9 Å². The van der Waals surface area contributed by atoms with Crippen molar-refractivity contribution in [3.63, 3.8) is 0 Å². The van der Waals surface area contributed by atoms with Crippen LogP contribution >= 0.6 is 35.0 Å². The van der Waals surface area contributed by atoms with Crippen LogP contribution in [0.15, 0.2) is 48.3 Å². The highest BCUT2D eigenvalue weighted by Gasteiger charge is 2.15. The van der Waals surface area contributed by atoms with Gasteiger partial charge >= 0.3 is 0 Å². The van der Waals surface area contributed by atoms with Crippen LogP contribution in [0.4, 0.5) is 5.69 Å². The van der Waals surface area contributed by atoms with Gasteiger partial charge in [-0.25, -0.2) is 4.98 Å². The number of halogens is 2. The monoisotopic (exact) mass is 477 g/mol. The van der Waals surface area contributed by atoms with Crippen molar-refractivity contribution in [1.29, 1.82) is 0 Å². The van der Waals surface area contributed by atoms with Crippen LogP contribution in [0.2, 0.25) is 10.2 Å². The van der Waals surface area contributed by atoms with Gasteiger partial charge in [0.25, 0.3) is 0 Å². The molecule has 1 aromatic carbocycles. The summed E-state index contributed by atoms with van der Waals surface area (Å²) >= 11 is 13.5. The average molecular weight is 478 g/mol. The van der Waals surface area contributed by atoms with Gasteiger partial charge in [0.05, 0.1) is 11.4 Å². The van der Waals surface area contributed by atoms with Gasteiger partial charge in [0.1, 0.15) is 12.4 Å². The molecule has 0 fully saturated rings. The maximum Gasteiger partial charge on any atom is 0.234 e. The van der Waals surface area contributed by atoms with E-state index in [1.54, 1.807) is 24.4 Å². The van der Waals surface area contributed by atoms with E-state index >= 15 is 0 Å². The lowest BCUT2D eigenvalue weighted by atomic mass is 10.1. The number of amides is 1. The molecule has 0 saturated heterocycles. The van der Waals surface area contributed by atoms with Crippen LogP contribution in [0.1, 0.15) is 17.0 Å². The molecule has 0 aliphatic heterocycles. The van der Waals surface area contributed by atoms with E-state index in [9.17, 15) is 4.79 Å². The lowest BCUT2D eigenvalue weighted by molar-refractivity contribution is -0.113. The zero-order valence-corrected chi connectivity index (χ0v) is 19.4. The Morgan fingerprint density at radius 1 is 1.29 bits per heavy atom. The fraction of sp³-hybridized carbons (Fsp3) is 0.238. The second-order valence-corrected chi connectivity index (χ2v) is 8.31. The number of thioether (sulfide) groups is 1. The lowest BCUT2D eigenvalue weighted by Crippen LogP contribution is -2.15. The molecule has 0 aliphatic rings. The summed E-state index contributed by atoms with van der Waals surface area (Å²) in [7, 11) is 0. The predicted octanol–water partition coefficient (Wildman–Crippen LogP) is 5.09. The van der Waals surface area contributed by atoms with Gasteiger partial charge in [0, 0.05) is 17.8 Å². The molecule has 1 amide bonds. The number of anilines is 1. The standard InChI is InChI=1S/C21H21Cl2N5O2S/c1-4-8-28-17(11-30-15-9-13(2)19(22)14(3)10-15)26-27-21(28)31-12-18(29)25-16-6-5-7-24-20(16)23/h4-7,9-10H,1,8,11-12H2,2-3H3,(H,25,29). The number of nitrogens with one attached hydrogen (secondary N) is 1. The predicted molar refractivity (Wildman–Crippen MR) is 124 cm³/mol. The van der Waals surface area contributed by atoms with Crippen LogP contribution in [-0.4, -0.2) is 31.4 Å². The van der Waals surface area contributed by atoms with Gasteiger partial charge in [-0.1, -0.05) is 41.0 Å². The highest BCUT2D eigenvalue weighted by molar-refractivity contribution is 7.99. The molecule has 31 heavy (non-hydrogen) atoms. The van der Waals surface area contributed by atoms with E-state index in [4.69, 9.17) is 27.9 Å². The van der Waals surface area contributed by atoms with Gasteiger partial charge in [0.2, 0.25) is 5.91 Å². The minimum atomic E-state index is -0.224. The van der Waals surface area contributed by atoms with Crippen molar-refractivity contribution in [2.75, 3.05) is 11.1 Å². The smallest absolute Gasteiger partial charge is 0.234 e. The fourth-order valence-electron chi connectivity index (χ4n) is 2.78. The van der Waals surface area contributed by atoms with E-state index in [2.05, 4.69) is 27.1 Å². The molecule has 0 aliphatic carbocycles. The number of carbonyl (C=O) groups excluding carboxylic acids is 1. The Balaban J connectivity index is 1.65. The zero-order chi connectivity index (χ0) is 22.4. The van der Waals surface area contributed by atoms with Gasteiger partial charge in [-0.3, -0.25) is 9.36 Å². The number of carbonyl (C=O) groups is 1. The van der Waals surface area contributed by atoms with Crippen molar-refractivity contribution in [3.05, 3.63) is 70.2 Å². The summed E-state index contributed by atoms with van der Waals surface area (Å²) in [5, 5.41) is 12.7. The van der Waals surface area contributed by atoms with E-state index in [-0.39, 0.29) is 23.4 Å². The molecule has 2 aromatic heterocycles. The molecule has 0 spiro atoms. The topological polar surface area (TPSA) is 81.9 Å². The summed E-state index contributed by atoms with van der Waals surface area (Å²) in [5.74, 6) is 1.24. The minimum absolute atomic E-state index is 0.136. The number of aromatic nitrogens is 4. The Kier molecular flexibility index (Phi) is 7.95. The van der Waals surface area contributed by atoms with Crippen molar-refractivity contribution >= 4 is 46.6 Å². The number of hydrogen-bond acceptors (Lipinski definition) is 6. The minimum Gasteiger partial charge on any atom is -0.486 e. The number of nitrogens with zero attached hydrogens (tertiary/aromatic N) is 4. The Morgan fingerprint density at radius 2 is 2.03 bits per heavy atom. The van der Waals surface area contributed by atoms with Crippen molar-refractivity contribution in [3.8, 4) is 5.75 Å². The third kappa shape index (κ3) is 6.00. The highest BCUT2D eigenvalue weighted by atomic mass is 35.5. The molecule has 1 N–H and O–H groups in total. The quantitative estimate of drug-likeness (QED) is 0.262. The summed E-state index contributed by atoms with van der Waals surface area (Å²) in [5.41, 5.74) is 2.35. The van der Waals surface area contributed by atoms with Crippen LogP contribution in [0.3, 0.4) is 0 Å². The van der Waals surface area contributed by atoms with Crippen molar-refractivity contribution in [2.45, 2.75) is 32.2 Å². The maximum absolute atomic E-state index is 12.3. The summed E-state index contributed by atoms with van der Waals surface area (Å²) < 4.78 is 7.76. The molecule has 0 atom stereocenters. The molecule has 0 unspecified atom stereocenters. The molecule has 3 aromatic rings. The highest BCUT2D eigenvalue weighted by Crippen LogP contribution is 2.27. The number of allylic oxidation sites excluding steroid dienone is 1. The third-order valence-corrected chi connectivity index (χ3v) is 6.11. The Hall–Kier alpha value is -2.55. The Labute approximate surface area is 194 Å². The summed E-state index contributed by atoms with van der Waals surface area (Å²) in [6.45, 7) is 8.36. The maximum atomic E-state index is 12.3. The summed E-state index contributed by atoms with van der Waals surface area (Å²) in [6, 6.07) is 7.15. The largest absolute Gasteiger partial charge is 0.486 e. The first-order valence-electron chi connectivity index (χ1n) is 9.34. The van der Waals surface area contributed by atoms with Crippen LogP contribution < -0.4 is 10.1 Å². The first kappa shape index (κ1) is 23.1. The van der Waals surface area contributed by atoms with Crippen molar-refractivity contribution in [2.24, 2.45) is 0 Å². The lowest BCUT2D eigenvalue weighted by Gasteiger charge is -2.11. The molecular weight excluding hydrogens is 457 g/mol. The van der Waals surface area contributed by atoms with Gasteiger partial charge < -0.3 is 10.1 Å². The van der Waals surface area contributed by atoms with Crippen molar-refractivity contribution in [1.82, 2.24) is 19.7 Å². The molecule has 7 nitrogen and oxygen atoms in total. The van der Waals surface area contributed by atoms with Crippen LogP contribution in [0.5, 0.6) is 5.75 Å².